The largest absolute Gasteiger partial charge is 0.367 e. The van der Waals surface area contributed by atoms with Crippen molar-refractivity contribution >= 4 is 11.6 Å². The average molecular weight is 343 g/mol. The summed E-state index contributed by atoms with van der Waals surface area (Å²) in [6.45, 7) is 4.40. The maximum Gasteiger partial charge on any atom is 0.242 e. The second-order valence-corrected chi connectivity index (χ2v) is 6.23. The number of benzene rings is 2. The van der Waals surface area contributed by atoms with Crippen LogP contribution in [-0.2, 0) is 11.3 Å². The van der Waals surface area contributed by atoms with Gasteiger partial charge in [0.1, 0.15) is 18.0 Å². The topological polar surface area (TPSA) is 77.2 Å². The van der Waals surface area contributed by atoms with Crippen molar-refractivity contribution in [1.82, 2.24) is 21.7 Å². The van der Waals surface area contributed by atoms with Crippen molar-refractivity contribution in [2.75, 3.05) is 5.32 Å². The van der Waals surface area contributed by atoms with Crippen molar-refractivity contribution in [2.45, 2.75) is 32.6 Å². The number of hydrogen-bond donors (Lipinski definition) is 5. The van der Waals surface area contributed by atoms with Crippen LogP contribution in [0.5, 0.6) is 0 Å². The summed E-state index contributed by atoms with van der Waals surface area (Å²) in [5.41, 5.74) is 12.8. The normalized spacial score (nSPS) is 19.6. The van der Waals surface area contributed by atoms with Gasteiger partial charge < -0.3 is 10.6 Å². The molecule has 0 spiro atoms. The van der Waals surface area contributed by atoms with E-state index < -0.39 is 6.04 Å². The molecule has 7 heteroatoms. The van der Waals surface area contributed by atoms with Gasteiger partial charge in [-0.05, 0) is 54.8 Å². The summed E-state index contributed by atoms with van der Waals surface area (Å²) in [5.74, 6) is -0.456. The molecule has 6 nitrogen and oxygen atoms in total. The molecule has 25 heavy (non-hydrogen) atoms. The van der Waals surface area contributed by atoms with Crippen molar-refractivity contribution in [2.24, 2.45) is 0 Å². The van der Waals surface area contributed by atoms with E-state index >= 15 is 0 Å². The molecule has 5 N–H and O–H groups in total. The molecule has 2 unspecified atom stereocenters. The predicted octanol–water partition coefficient (Wildman–Crippen LogP) is 1.48. The van der Waals surface area contributed by atoms with Crippen molar-refractivity contribution in [3.05, 3.63) is 65.0 Å². The molecular formula is C18H22FN5O. The standard InChI is InChI=1S/C18H22FN5O/c1-11-7-12(2)9-15(8-11)21-17-16(22-24-23-17)18(25)20-10-13-3-5-14(19)6-4-13/h3-9,16-17,21-24H,10H2,1-2H3,(H,20,25). The molecule has 1 saturated heterocycles. The molecular weight excluding hydrogens is 321 g/mol. The number of carbonyl (C=O) groups is 1. The Hall–Kier alpha value is -2.48. The summed E-state index contributed by atoms with van der Waals surface area (Å²) in [7, 11) is 0. The molecule has 2 atom stereocenters. The smallest absolute Gasteiger partial charge is 0.242 e. The summed E-state index contributed by atoms with van der Waals surface area (Å²) in [4.78, 5) is 12.5. The molecule has 0 aliphatic carbocycles. The minimum absolute atomic E-state index is 0.163. The van der Waals surface area contributed by atoms with Crippen LogP contribution in [0.15, 0.2) is 42.5 Å². The molecule has 1 heterocycles. The third-order valence-corrected chi connectivity index (χ3v) is 4.00. The molecule has 2 aromatic carbocycles. The first kappa shape index (κ1) is 17.3. The Labute approximate surface area is 146 Å². The minimum Gasteiger partial charge on any atom is -0.367 e. The summed E-state index contributed by atoms with van der Waals surface area (Å²) in [5, 5.41) is 6.17. The van der Waals surface area contributed by atoms with E-state index in [4.69, 9.17) is 0 Å². The molecule has 132 valence electrons. The number of halogens is 1. The van der Waals surface area contributed by atoms with Crippen LogP contribution in [0.25, 0.3) is 0 Å². The van der Waals surface area contributed by atoms with Crippen LogP contribution in [0, 0.1) is 19.7 Å². The van der Waals surface area contributed by atoms with E-state index in [1.165, 1.54) is 12.1 Å². The Morgan fingerprint density at radius 2 is 1.76 bits per heavy atom. The van der Waals surface area contributed by atoms with Gasteiger partial charge in [0, 0.05) is 12.2 Å². The van der Waals surface area contributed by atoms with Crippen molar-refractivity contribution in [1.29, 1.82) is 0 Å². The van der Waals surface area contributed by atoms with Gasteiger partial charge in [-0.3, -0.25) is 4.79 Å². The number of hydrazine groups is 2. The monoisotopic (exact) mass is 343 g/mol. The molecule has 0 bridgehead atoms. The number of carbonyl (C=O) groups excluding carboxylic acids is 1. The zero-order valence-corrected chi connectivity index (χ0v) is 14.2. The Bertz CT molecular complexity index is 729. The molecule has 3 rings (SSSR count). The van der Waals surface area contributed by atoms with E-state index in [2.05, 4.69) is 33.1 Å². The quantitative estimate of drug-likeness (QED) is 0.568. The van der Waals surface area contributed by atoms with Crippen LogP contribution < -0.4 is 27.0 Å². The number of amides is 1. The number of anilines is 1. The van der Waals surface area contributed by atoms with Crippen LogP contribution >= 0.6 is 0 Å². The Morgan fingerprint density at radius 3 is 2.44 bits per heavy atom. The first-order chi connectivity index (χ1) is 12.0. The highest BCUT2D eigenvalue weighted by molar-refractivity contribution is 5.83. The zero-order valence-electron chi connectivity index (χ0n) is 14.2. The van der Waals surface area contributed by atoms with Gasteiger partial charge >= 0.3 is 0 Å². The van der Waals surface area contributed by atoms with Gasteiger partial charge in [0.15, 0.2) is 0 Å². The van der Waals surface area contributed by atoms with Crippen LogP contribution in [0.4, 0.5) is 10.1 Å². The van der Waals surface area contributed by atoms with Crippen molar-refractivity contribution < 1.29 is 9.18 Å². The minimum atomic E-state index is -0.499. The Balaban J connectivity index is 1.60. The Kier molecular flexibility index (Phi) is 5.28. The van der Waals surface area contributed by atoms with E-state index in [0.717, 1.165) is 22.4 Å². The van der Waals surface area contributed by atoms with Gasteiger partial charge in [-0.25, -0.2) is 15.2 Å². The van der Waals surface area contributed by atoms with Crippen LogP contribution in [0.2, 0.25) is 0 Å². The molecule has 0 radical (unpaired) electrons. The first-order valence-corrected chi connectivity index (χ1v) is 8.14. The highest BCUT2D eigenvalue weighted by atomic mass is 19.1. The number of aryl methyl sites for hydroxylation is 2. The number of rotatable bonds is 5. The second-order valence-electron chi connectivity index (χ2n) is 6.23. The van der Waals surface area contributed by atoms with Crippen molar-refractivity contribution in [3.8, 4) is 0 Å². The fraction of sp³-hybridized carbons (Fsp3) is 0.278. The molecule has 1 amide bonds. The Morgan fingerprint density at radius 1 is 1.08 bits per heavy atom. The van der Waals surface area contributed by atoms with Gasteiger partial charge in [0.05, 0.1) is 0 Å². The molecule has 1 fully saturated rings. The lowest BCUT2D eigenvalue weighted by Gasteiger charge is -2.20. The highest BCUT2D eigenvalue weighted by Crippen LogP contribution is 2.15. The lowest BCUT2D eigenvalue weighted by atomic mass is 10.1. The van der Waals surface area contributed by atoms with E-state index in [-0.39, 0.29) is 17.9 Å². The lowest BCUT2D eigenvalue weighted by molar-refractivity contribution is -0.123. The van der Waals surface area contributed by atoms with Gasteiger partial charge in [-0.2, -0.15) is 5.53 Å². The lowest BCUT2D eigenvalue weighted by Crippen LogP contribution is -2.50. The maximum absolute atomic E-state index is 12.9. The maximum atomic E-state index is 12.9. The van der Waals surface area contributed by atoms with Gasteiger partial charge in [0.25, 0.3) is 0 Å². The second kappa shape index (κ2) is 7.60. The summed E-state index contributed by atoms with van der Waals surface area (Å²) >= 11 is 0. The highest BCUT2D eigenvalue weighted by Gasteiger charge is 2.32. The average Bonchev–Trinajstić information content (AvgIpc) is 3.01. The molecule has 1 aliphatic rings. The van der Waals surface area contributed by atoms with Gasteiger partial charge in [-0.1, -0.05) is 18.2 Å². The predicted molar refractivity (Wildman–Crippen MR) is 94.8 cm³/mol. The molecule has 1 aliphatic heterocycles. The third kappa shape index (κ3) is 4.54. The van der Waals surface area contributed by atoms with E-state index in [1.54, 1.807) is 12.1 Å². The van der Waals surface area contributed by atoms with E-state index in [1.807, 2.05) is 26.0 Å². The summed E-state index contributed by atoms with van der Waals surface area (Å²) in [6.07, 6.45) is -0.311. The van der Waals surface area contributed by atoms with Crippen molar-refractivity contribution in [3.63, 3.8) is 0 Å². The third-order valence-electron chi connectivity index (χ3n) is 4.00. The molecule has 0 saturated carbocycles. The SMILES string of the molecule is Cc1cc(C)cc(NC2NNNC2C(=O)NCc2ccc(F)cc2)c1. The van der Waals surface area contributed by atoms with Crippen LogP contribution in [0.3, 0.4) is 0 Å². The number of hydrogen-bond acceptors (Lipinski definition) is 5. The first-order valence-electron chi connectivity index (χ1n) is 8.14. The molecule has 0 aromatic heterocycles. The summed E-state index contributed by atoms with van der Waals surface area (Å²) < 4.78 is 12.9. The van der Waals surface area contributed by atoms with Crippen LogP contribution in [-0.4, -0.2) is 18.1 Å². The zero-order chi connectivity index (χ0) is 17.8. The fourth-order valence-electron chi connectivity index (χ4n) is 2.84. The summed E-state index contributed by atoms with van der Waals surface area (Å²) in [6, 6.07) is 11.7. The van der Waals surface area contributed by atoms with Crippen LogP contribution in [0.1, 0.15) is 16.7 Å². The van der Waals surface area contributed by atoms with Gasteiger partial charge in [-0.15, -0.1) is 0 Å². The van der Waals surface area contributed by atoms with Gasteiger partial charge in [0.2, 0.25) is 5.91 Å². The molecule has 2 aromatic rings. The van der Waals surface area contributed by atoms with E-state index in [9.17, 15) is 9.18 Å². The van der Waals surface area contributed by atoms with E-state index in [0.29, 0.717) is 6.54 Å². The number of nitrogens with one attached hydrogen (secondary N) is 5. The fourth-order valence-corrected chi connectivity index (χ4v) is 2.84.